The smallest absolute Gasteiger partial charge is 0.236 e. The van der Waals surface area contributed by atoms with Crippen LogP contribution in [0.5, 0.6) is 0 Å². The van der Waals surface area contributed by atoms with Crippen LogP contribution in [0.1, 0.15) is 40.0 Å². The second-order valence-electron chi connectivity index (χ2n) is 4.36. The van der Waals surface area contributed by atoms with Gasteiger partial charge in [0, 0.05) is 12.6 Å². The quantitative estimate of drug-likeness (QED) is 0.675. The summed E-state index contributed by atoms with van der Waals surface area (Å²) in [5.74, 6) is 1.02. The molecule has 0 aromatic heterocycles. The summed E-state index contributed by atoms with van der Waals surface area (Å²) in [4.78, 5) is 11.4. The first kappa shape index (κ1) is 11.5. The zero-order valence-corrected chi connectivity index (χ0v) is 9.47. The highest BCUT2D eigenvalue weighted by molar-refractivity contribution is 5.81. The summed E-state index contributed by atoms with van der Waals surface area (Å²) in [5, 5.41) is 6.14. The summed E-state index contributed by atoms with van der Waals surface area (Å²) in [6.07, 6.45) is 3.97. The molecule has 3 nitrogen and oxygen atoms in total. The third-order valence-corrected chi connectivity index (χ3v) is 2.66. The first-order chi connectivity index (χ1) is 6.63. The van der Waals surface area contributed by atoms with Crippen LogP contribution in [-0.2, 0) is 4.79 Å². The van der Waals surface area contributed by atoms with Gasteiger partial charge in [-0.1, -0.05) is 12.8 Å². The van der Waals surface area contributed by atoms with E-state index < -0.39 is 0 Å². The van der Waals surface area contributed by atoms with E-state index in [2.05, 4.69) is 17.6 Å². The maximum atomic E-state index is 11.4. The minimum absolute atomic E-state index is 0.0660. The summed E-state index contributed by atoms with van der Waals surface area (Å²) in [6.45, 7) is 6.74. The van der Waals surface area contributed by atoms with Crippen LogP contribution in [0.3, 0.4) is 0 Å². The van der Waals surface area contributed by atoms with Crippen molar-refractivity contribution >= 4 is 5.91 Å². The van der Waals surface area contributed by atoms with E-state index in [1.807, 2.05) is 13.8 Å². The van der Waals surface area contributed by atoms with Crippen LogP contribution in [0.2, 0.25) is 0 Å². The fraction of sp³-hybridized carbons (Fsp3) is 0.909. The number of rotatable bonds is 6. The Hall–Kier alpha value is -0.570. The van der Waals surface area contributed by atoms with Gasteiger partial charge in [-0.25, -0.2) is 0 Å². The highest BCUT2D eigenvalue weighted by atomic mass is 16.2. The maximum Gasteiger partial charge on any atom is 0.236 e. The molecule has 0 bridgehead atoms. The van der Waals surface area contributed by atoms with Crippen LogP contribution in [-0.4, -0.2) is 24.5 Å². The number of nitrogens with one attached hydrogen (secondary N) is 2. The van der Waals surface area contributed by atoms with E-state index >= 15 is 0 Å². The monoisotopic (exact) mass is 198 g/mol. The number of hydrogen-bond donors (Lipinski definition) is 2. The molecule has 0 aromatic rings. The highest BCUT2D eigenvalue weighted by Crippen LogP contribution is 2.33. The molecule has 1 saturated carbocycles. The predicted octanol–water partition coefficient (Wildman–Crippen LogP) is 1.29. The molecule has 3 heteroatoms. The van der Waals surface area contributed by atoms with E-state index in [-0.39, 0.29) is 11.9 Å². The Kier molecular flexibility index (Phi) is 4.39. The zero-order chi connectivity index (χ0) is 10.6. The van der Waals surface area contributed by atoms with Gasteiger partial charge in [-0.2, -0.15) is 0 Å². The molecule has 0 spiro atoms. The van der Waals surface area contributed by atoms with Crippen molar-refractivity contribution in [3.63, 3.8) is 0 Å². The molecule has 0 saturated heterocycles. The molecule has 0 radical (unpaired) electrons. The molecule has 2 N–H and O–H groups in total. The number of carbonyl (C=O) groups is 1. The van der Waals surface area contributed by atoms with Crippen LogP contribution in [0.25, 0.3) is 0 Å². The first-order valence-corrected chi connectivity index (χ1v) is 5.67. The Balaban J connectivity index is 2.16. The molecule has 14 heavy (non-hydrogen) atoms. The lowest BCUT2D eigenvalue weighted by atomic mass is 10.1. The van der Waals surface area contributed by atoms with Crippen molar-refractivity contribution < 1.29 is 4.79 Å². The zero-order valence-electron chi connectivity index (χ0n) is 9.47. The number of carbonyl (C=O) groups excluding carboxylic acids is 1. The number of hydrogen-bond acceptors (Lipinski definition) is 2. The van der Waals surface area contributed by atoms with E-state index in [9.17, 15) is 4.79 Å². The lowest BCUT2D eigenvalue weighted by molar-refractivity contribution is -0.122. The van der Waals surface area contributed by atoms with Crippen molar-refractivity contribution in [3.8, 4) is 0 Å². The Morgan fingerprint density at radius 3 is 2.57 bits per heavy atom. The molecule has 1 aliphatic rings. The van der Waals surface area contributed by atoms with Crippen LogP contribution in [0, 0.1) is 5.92 Å². The van der Waals surface area contributed by atoms with Gasteiger partial charge in [0.15, 0.2) is 0 Å². The largest absolute Gasteiger partial charge is 0.355 e. The summed E-state index contributed by atoms with van der Waals surface area (Å²) in [5.41, 5.74) is 0. The molecule has 1 aliphatic carbocycles. The highest BCUT2D eigenvalue weighted by Gasteiger charge is 2.24. The van der Waals surface area contributed by atoms with Crippen molar-refractivity contribution in [2.75, 3.05) is 6.54 Å². The molecular weight excluding hydrogens is 176 g/mol. The van der Waals surface area contributed by atoms with Gasteiger partial charge in [0.1, 0.15) is 0 Å². The molecule has 2 unspecified atom stereocenters. The van der Waals surface area contributed by atoms with E-state index in [0.29, 0.717) is 12.6 Å². The van der Waals surface area contributed by atoms with Crippen molar-refractivity contribution in [2.45, 2.75) is 52.1 Å². The standard InChI is InChI=1S/C11H22N2O/c1-4-12-11(14)9(3)13-8(2)7-10-5-6-10/h8-10,13H,4-7H2,1-3H3,(H,12,14). The van der Waals surface area contributed by atoms with Gasteiger partial charge in [0.05, 0.1) is 6.04 Å². The van der Waals surface area contributed by atoms with Crippen molar-refractivity contribution in [2.24, 2.45) is 5.92 Å². The molecule has 0 aliphatic heterocycles. The van der Waals surface area contributed by atoms with Crippen molar-refractivity contribution in [1.29, 1.82) is 0 Å². The van der Waals surface area contributed by atoms with Crippen LogP contribution >= 0.6 is 0 Å². The maximum absolute atomic E-state index is 11.4. The molecule has 1 fully saturated rings. The van der Waals surface area contributed by atoms with Gasteiger partial charge in [0.25, 0.3) is 0 Å². The van der Waals surface area contributed by atoms with Crippen LogP contribution in [0.15, 0.2) is 0 Å². The third kappa shape index (κ3) is 4.09. The molecule has 1 rings (SSSR count). The Morgan fingerprint density at radius 2 is 2.07 bits per heavy atom. The normalized spacial score (nSPS) is 20.2. The van der Waals surface area contributed by atoms with E-state index in [1.54, 1.807) is 0 Å². The van der Waals surface area contributed by atoms with Gasteiger partial charge in [0.2, 0.25) is 5.91 Å². The Labute approximate surface area is 86.6 Å². The Bertz CT molecular complexity index is 190. The molecular formula is C11H22N2O. The van der Waals surface area contributed by atoms with Gasteiger partial charge >= 0.3 is 0 Å². The van der Waals surface area contributed by atoms with E-state index in [0.717, 1.165) is 5.92 Å². The van der Waals surface area contributed by atoms with Crippen LogP contribution < -0.4 is 10.6 Å². The average Bonchev–Trinajstić information content (AvgIpc) is 2.88. The molecule has 0 aromatic carbocycles. The van der Waals surface area contributed by atoms with Crippen molar-refractivity contribution in [3.05, 3.63) is 0 Å². The topological polar surface area (TPSA) is 41.1 Å². The summed E-state index contributed by atoms with van der Waals surface area (Å²) < 4.78 is 0. The van der Waals surface area contributed by atoms with Gasteiger partial charge in [-0.3, -0.25) is 4.79 Å². The summed E-state index contributed by atoms with van der Waals surface area (Å²) in [6, 6.07) is 0.392. The molecule has 1 amide bonds. The molecule has 2 atom stereocenters. The summed E-state index contributed by atoms with van der Waals surface area (Å²) >= 11 is 0. The first-order valence-electron chi connectivity index (χ1n) is 5.67. The van der Waals surface area contributed by atoms with Gasteiger partial charge < -0.3 is 10.6 Å². The summed E-state index contributed by atoms with van der Waals surface area (Å²) in [7, 11) is 0. The van der Waals surface area contributed by atoms with Gasteiger partial charge in [-0.15, -0.1) is 0 Å². The van der Waals surface area contributed by atoms with Crippen molar-refractivity contribution in [1.82, 2.24) is 10.6 Å². The number of likely N-dealkylation sites (N-methyl/N-ethyl adjacent to an activating group) is 1. The minimum Gasteiger partial charge on any atom is -0.355 e. The lowest BCUT2D eigenvalue weighted by Gasteiger charge is -2.19. The average molecular weight is 198 g/mol. The van der Waals surface area contributed by atoms with E-state index in [4.69, 9.17) is 0 Å². The fourth-order valence-corrected chi connectivity index (χ4v) is 1.75. The van der Waals surface area contributed by atoms with Crippen LogP contribution in [0.4, 0.5) is 0 Å². The molecule has 82 valence electrons. The lowest BCUT2D eigenvalue weighted by Crippen LogP contribution is -2.45. The molecule has 0 heterocycles. The van der Waals surface area contributed by atoms with E-state index in [1.165, 1.54) is 19.3 Å². The fourth-order valence-electron chi connectivity index (χ4n) is 1.75. The van der Waals surface area contributed by atoms with Gasteiger partial charge in [-0.05, 0) is 33.1 Å². The second-order valence-corrected chi connectivity index (χ2v) is 4.36. The predicted molar refractivity (Wildman–Crippen MR) is 58.1 cm³/mol. The third-order valence-electron chi connectivity index (χ3n) is 2.66. The number of amides is 1. The Morgan fingerprint density at radius 1 is 1.43 bits per heavy atom. The second kappa shape index (κ2) is 5.35. The SMILES string of the molecule is CCNC(=O)C(C)NC(C)CC1CC1. The minimum atomic E-state index is -0.0660.